The summed E-state index contributed by atoms with van der Waals surface area (Å²) >= 11 is 2.41. The lowest BCUT2D eigenvalue weighted by atomic mass is 9.93. The van der Waals surface area contributed by atoms with Crippen molar-refractivity contribution in [3.63, 3.8) is 0 Å². The topological polar surface area (TPSA) is 23.8 Å². The van der Waals surface area contributed by atoms with E-state index in [4.69, 9.17) is 5.26 Å². The van der Waals surface area contributed by atoms with Crippen LogP contribution in [0.2, 0.25) is 0 Å². The normalized spacial score (nSPS) is 27.0. The van der Waals surface area contributed by atoms with E-state index in [0.29, 0.717) is 11.8 Å². The van der Waals surface area contributed by atoms with Crippen molar-refractivity contribution in [2.24, 2.45) is 0 Å². The molecule has 0 N–H and O–H groups in total. The van der Waals surface area contributed by atoms with Gasteiger partial charge in [-0.2, -0.15) is 5.26 Å². The number of hydrogen-bond donors (Lipinski definition) is 0. The summed E-state index contributed by atoms with van der Waals surface area (Å²) in [5, 5.41) is 9.04. The molecule has 2 aliphatic carbocycles. The van der Waals surface area contributed by atoms with Crippen LogP contribution in [-0.4, -0.2) is 0 Å². The van der Waals surface area contributed by atoms with E-state index in [1.165, 1.54) is 21.1 Å². The van der Waals surface area contributed by atoms with Crippen LogP contribution in [-0.2, 0) is 0 Å². The molecule has 0 saturated carbocycles. The van der Waals surface area contributed by atoms with Crippen LogP contribution >= 0.6 is 22.6 Å². The summed E-state index contributed by atoms with van der Waals surface area (Å²) in [6.45, 7) is 0. The number of rotatable bonds is 0. The summed E-state index contributed by atoms with van der Waals surface area (Å²) in [5.74, 6) is 1.10. The van der Waals surface area contributed by atoms with Gasteiger partial charge < -0.3 is 0 Å². The molecule has 68 valence electrons. The van der Waals surface area contributed by atoms with Crippen LogP contribution in [0.5, 0.6) is 0 Å². The second-order valence-electron chi connectivity index (χ2n) is 3.87. The average molecular weight is 293 g/mol. The Bertz CT molecular complexity index is 482. The Morgan fingerprint density at radius 1 is 1.43 bits per heavy atom. The highest BCUT2D eigenvalue weighted by Gasteiger charge is 2.38. The first-order chi connectivity index (χ1) is 6.81. The molecule has 2 aliphatic rings. The predicted octanol–water partition coefficient (Wildman–Crippen LogP) is 3.46. The molecular weight excluding hydrogens is 285 g/mol. The summed E-state index contributed by atoms with van der Waals surface area (Å²) in [6.07, 6.45) is 3.53. The first-order valence-electron chi connectivity index (χ1n) is 4.71. The van der Waals surface area contributed by atoms with E-state index in [1.54, 1.807) is 0 Å². The molecule has 0 aliphatic heterocycles. The zero-order valence-corrected chi connectivity index (χ0v) is 9.65. The highest BCUT2D eigenvalue weighted by molar-refractivity contribution is 14.1. The molecule has 2 heteroatoms. The minimum Gasteiger partial charge on any atom is -0.192 e. The van der Waals surface area contributed by atoms with Gasteiger partial charge in [-0.15, -0.1) is 0 Å². The van der Waals surface area contributed by atoms with Crippen LogP contribution < -0.4 is 0 Å². The van der Waals surface area contributed by atoms with Gasteiger partial charge in [-0.05, 0) is 49.8 Å². The maximum absolute atomic E-state index is 9.04. The Balaban J connectivity index is 2.27. The van der Waals surface area contributed by atoms with Crippen LogP contribution in [0.4, 0.5) is 0 Å². The average Bonchev–Trinajstić information content (AvgIpc) is 2.74. The molecule has 0 aromatic heterocycles. The lowest BCUT2D eigenvalue weighted by Crippen LogP contribution is -1.98. The molecule has 3 rings (SSSR count). The second kappa shape index (κ2) is 2.83. The Hall–Kier alpha value is -0.820. The predicted molar refractivity (Wildman–Crippen MR) is 63.4 cm³/mol. The fourth-order valence-corrected chi connectivity index (χ4v) is 3.61. The zero-order chi connectivity index (χ0) is 9.71. The van der Waals surface area contributed by atoms with E-state index in [0.717, 1.165) is 5.56 Å². The van der Waals surface area contributed by atoms with Crippen LogP contribution in [0.1, 0.15) is 34.9 Å². The number of hydrogen-bond acceptors (Lipinski definition) is 1. The Morgan fingerprint density at radius 3 is 3.07 bits per heavy atom. The summed E-state index contributed by atoms with van der Waals surface area (Å²) in [5.41, 5.74) is 3.55. The Kier molecular flexibility index (Phi) is 1.72. The van der Waals surface area contributed by atoms with E-state index in [2.05, 4.69) is 40.8 Å². The number of nitriles is 1. The monoisotopic (exact) mass is 293 g/mol. The quantitative estimate of drug-likeness (QED) is 0.672. The lowest BCUT2D eigenvalue weighted by Gasteiger charge is -2.14. The van der Waals surface area contributed by atoms with E-state index >= 15 is 0 Å². The van der Waals surface area contributed by atoms with Crippen molar-refractivity contribution in [1.82, 2.24) is 0 Å². The van der Waals surface area contributed by atoms with Gasteiger partial charge in [0.05, 0.1) is 11.6 Å². The number of allylic oxidation sites excluding steroid dienone is 2. The first-order valence-corrected chi connectivity index (χ1v) is 5.79. The summed E-state index contributed by atoms with van der Waals surface area (Å²) < 4.78 is 1.42. The van der Waals surface area contributed by atoms with Crippen molar-refractivity contribution < 1.29 is 0 Å². The molecule has 0 unspecified atom stereocenters. The van der Waals surface area contributed by atoms with Gasteiger partial charge in [0.25, 0.3) is 0 Å². The lowest BCUT2D eigenvalue weighted by molar-refractivity contribution is 0.802. The molecule has 0 spiro atoms. The molecule has 2 bridgehead atoms. The fourth-order valence-electron chi connectivity index (χ4n) is 2.61. The van der Waals surface area contributed by atoms with Crippen molar-refractivity contribution in [3.8, 4) is 6.07 Å². The molecule has 1 aromatic carbocycles. The second-order valence-corrected chi connectivity index (χ2v) is 5.11. The summed E-state index contributed by atoms with van der Waals surface area (Å²) in [7, 11) is 0. The maximum atomic E-state index is 9.04. The van der Waals surface area contributed by atoms with Gasteiger partial charge in [-0.25, -0.2) is 0 Å². The van der Waals surface area contributed by atoms with E-state index < -0.39 is 0 Å². The van der Waals surface area contributed by atoms with Gasteiger partial charge in [0.15, 0.2) is 0 Å². The van der Waals surface area contributed by atoms with Crippen LogP contribution in [0.15, 0.2) is 27.9 Å². The molecule has 14 heavy (non-hydrogen) atoms. The van der Waals surface area contributed by atoms with Crippen molar-refractivity contribution in [1.29, 1.82) is 5.26 Å². The van der Waals surface area contributed by atoms with Gasteiger partial charge >= 0.3 is 0 Å². The minimum atomic E-state index is 0.520. The van der Waals surface area contributed by atoms with Gasteiger partial charge in [0, 0.05) is 11.8 Å². The molecule has 1 nitrogen and oxygen atoms in total. The van der Waals surface area contributed by atoms with E-state index in [-0.39, 0.29) is 0 Å². The Labute approximate surface area is 96.6 Å². The van der Waals surface area contributed by atoms with Crippen molar-refractivity contribution >= 4 is 22.6 Å². The molecule has 0 amide bonds. The van der Waals surface area contributed by atoms with Gasteiger partial charge in [-0.1, -0.05) is 18.2 Å². The molecule has 0 saturated heterocycles. The zero-order valence-electron chi connectivity index (χ0n) is 7.50. The number of nitrogens with zero attached hydrogens (tertiary/aromatic N) is 1. The molecule has 0 heterocycles. The molecule has 1 aromatic rings. The SMILES string of the molecule is N#Cc1cccc2c1[C@H]1C[C@H]2C=C1I. The van der Waals surface area contributed by atoms with E-state index in [1.807, 2.05) is 12.1 Å². The summed E-state index contributed by atoms with van der Waals surface area (Å²) in [6, 6.07) is 8.40. The maximum Gasteiger partial charge on any atom is 0.0994 e. The molecule has 0 fully saturated rings. The third-order valence-corrected chi connectivity index (χ3v) is 4.30. The van der Waals surface area contributed by atoms with Crippen LogP contribution in [0.3, 0.4) is 0 Å². The smallest absolute Gasteiger partial charge is 0.0994 e. The first kappa shape index (κ1) is 8.49. The van der Waals surface area contributed by atoms with Gasteiger partial charge in [-0.3, -0.25) is 0 Å². The largest absolute Gasteiger partial charge is 0.192 e. The third-order valence-electron chi connectivity index (χ3n) is 3.19. The fraction of sp³-hybridized carbons (Fsp3) is 0.250. The van der Waals surface area contributed by atoms with Crippen LogP contribution in [0, 0.1) is 11.3 Å². The molecule has 0 radical (unpaired) electrons. The van der Waals surface area contributed by atoms with Crippen LogP contribution in [0.25, 0.3) is 0 Å². The standard InChI is InChI=1S/C12H8IN/c13-11-5-8-4-10(11)12-7(6-14)2-1-3-9(8)12/h1-3,5,8,10H,4H2/t8-,10-/m0/s1. The number of fused-ring (bicyclic) bond motifs is 5. The molecular formula is C12H8IN. The van der Waals surface area contributed by atoms with Crippen molar-refractivity contribution in [3.05, 3.63) is 44.5 Å². The van der Waals surface area contributed by atoms with Crippen molar-refractivity contribution in [2.45, 2.75) is 18.3 Å². The number of halogens is 1. The van der Waals surface area contributed by atoms with Gasteiger partial charge in [0.1, 0.15) is 0 Å². The number of benzene rings is 1. The van der Waals surface area contributed by atoms with E-state index in [9.17, 15) is 0 Å². The Morgan fingerprint density at radius 2 is 2.29 bits per heavy atom. The highest BCUT2D eigenvalue weighted by atomic mass is 127. The van der Waals surface area contributed by atoms with Crippen molar-refractivity contribution in [2.75, 3.05) is 0 Å². The van der Waals surface area contributed by atoms with Gasteiger partial charge in [0.2, 0.25) is 0 Å². The minimum absolute atomic E-state index is 0.520. The third kappa shape index (κ3) is 0.936. The molecule has 2 atom stereocenters. The summed E-state index contributed by atoms with van der Waals surface area (Å²) in [4.78, 5) is 0. The highest BCUT2D eigenvalue weighted by Crippen LogP contribution is 2.55.